The molecule has 8 nitrogen and oxygen atoms in total. The number of ether oxygens (including phenoxy) is 2. The molecular weight excluding hydrogens is 282 g/mol. The molecule has 0 rings (SSSR count). The van der Waals surface area contributed by atoms with Gasteiger partial charge in [-0.15, -0.1) is 0 Å². The van der Waals surface area contributed by atoms with E-state index in [0.29, 0.717) is 6.08 Å². The van der Waals surface area contributed by atoms with Gasteiger partial charge in [0.25, 0.3) is 5.91 Å². The Hall–Kier alpha value is -2.38. The Morgan fingerprint density at radius 3 is 2.24 bits per heavy atom. The molecule has 0 spiro atoms. The van der Waals surface area contributed by atoms with Crippen molar-refractivity contribution in [3.05, 3.63) is 11.6 Å². The van der Waals surface area contributed by atoms with Gasteiger partial charge in [-0.25, -0.2) is 9.59 Å². The van der Waals surface area contributed by atoms with Gasteiger partial charge >= 0.3 is 17.9 Å². The fourth-order valence-corrected chi connectivity index (χ4v) is 1.09. The summed E-state index contributed by atoms with van der Waals surface area (Å²) in [6, 6.07) is 0. The monoisotopic (exact) mass is 301 g/mol. The highest BCUT2D eigenvalue weighted by molar-refractivity contribution is 5.96. The van der Waals surface area contributed by atoms with Gasteiger partial charge in [-0.2, -0.15) is 0 Å². The molecule has 0 bridgehead atoms. The van der Waals surface area contributed by atoms with Gasteiger partial charge in [-0.3, -0.25) is 9.59 Å². The molecule has 0 aliphatic heterocycles. The second kappa shape index (κ2) is 8.03. The van der Waals surface area contributed by atoms with Crippen molar-refractivity contribution in [1.82, 2.24) is 5.32 Å². The molecule has 118 valence electrons. The topological polar surface area (TPSA) is 119 Å². The highest BCUT2D eigenvalue weighted by Gasteiger charge is 2.17. The first kappa shape index (κ1) is 18.6. The summed E-state index contributed by atoms with van der Waals surface area (Å²) in [6.45, 7) is 5.34. The van der Waals surface area contributed by atoms with Crippen molar-refractivity contribution in [2.75, 3.05) is 13.2 Å². The van der Waals surface area contributed by atoms with E-state index < -0.39 is 36.0 Å². The SMILES string of the molecule is CC(=CC(=O)O)C(=O)OCC(=O)NCC(=O)OC(C)(C)C. The maximum absolute atomic E-state index is 11.3. The molecule has 0 saturated carbocycles. The smallest absolute Gasteiger partial charge is 0.334 e. The van der Waals surface area contributed by atoms with Gasteiger partial charge in [0.05, 0.1) is 0 Å². The lowest BCUT2D eigenvalue weighted by Crippen LogP contribution is -2.36. The minimum atomic E-state index is -1.29. The fourth-order valence-electron chi connectivity index (χ4n) is 1.09. The lowest BCUT2D eigenvalue weighted by atomic mass is 10.2. The Labute approximate surface area is 122 Å². The summed E-state index contributed by atoms with van der Waals surface area (Å²) < 4.78 is 9.52. The zero-order chi connectivity index (χ0) is 16.6. The summed E-state index contributed by atoms with van der Waals surface area (Å²) in [7, 11) is 0. The number of carbonyl (C=O) groups is 4. The highest BCUT2D eigenvalue weighted by Crippen LogP contribution is 2.06. The molecule has 21 heavy (non-hydrogen) atoms. The van der Waals surface area contributed by atoms with E-state index >= 15 is 0 Å². The molecule has 8 heteroatoms. The summed E-state index contributed by atoms with van der Waals surface area (Å²) in [6.07, 6.45) is 0.668. The minimum Gasteiger partial charge on any atom is -0.478 e. The van der Waals surface area contributed by atoms with E-state index in [2.05, 4.69) is 10.1 Å². The van der Waals surface area contributed by atoms with E-state index in [0.717, 1.165) is 0 Å². The van der Waals surface area contributed by atoms with Crippen LogP contribution in [-0.4, -0.2) is 47.7 Å². The maximum atomic E-state index is 11.3. The Morgan fingerprint density at radius 1 is 1.19 bits per heavy atom. The molecule has 1 amide bonds. The summed E-state index contributed by atoms with van der Waals surface area (Å²) in [5.41, 5.74) is -0.810. The summed E-state index contributed by atoms with van der Waals surface area (Å²) in [4.78, 5) is 44.3. The lowest BCUT2D eigenvalue weighted by Gasteiger charge is -2.19. The Balaban J connectivity index is 4.10. The van der Waals surface area contributed by atoms with Crippen LogP contribution >= 0.6 is 0 Å². The van der Waals surface area contributed by atoms with Crippen molar-refractivity contribution in [3.8, 4) is 0 Å². The van der Waals surface area contributed by atoms with Crippen LogP contribution in [0.5, 0.6) is 0 Å². The Morgan fingerprint density at radius 2 is 1.76 bits per heavy atom. The first-order valence-electron chi connectivity index (χ1n) is 6.08. The van der Waals surface area contributed by atoms with Gasteiger partial charge < -0.3 is 19.9 Å². The van der Waals surface area contributed by atoms with Crippen LogP contribution in [0.15, 0.2) is 11.6 Å². The third-order valence-corrected chi connectivity index (χ3v) is 1.85. The predicted octanol–water partition coefficient (Wildman–Crippen LogP) is 0.0184. The van der Waals surface area contributed by atoms with Crippen molar-refractivity contribution in [3.63, 3.8) is 0 Å². The van der Waals surface area contributed by atoms with E-state index in [1.165, 1.54) is 6.92 Å². The van der Waals surface area contributed by atoms with Crippen LogP contribution in [0.4, 0.5) is 0 Å². The van der Waals surface area contributed by atoms with Crippen molar-refractivity contribution in [2.45, 2.75) is 33.3 Å². The van der Waals surface area contributed by atoms with Crippen LogP contribution in [0.2, 0.25) is 0 Å². The molecule has 0 aromatic carbocycles. The number of nitrogens with one attached hydrogen (secondary N) is 1. The van der Waals surface area contributed by atoms with Gasteiger partial charge in [0, 0.05) is 11.6 Å². The third kappa shape index (κ3) is 10.1. The minimum absolute atomic E-state index is 0.151. The fraction of sp³-hybridized carbons (Fsp3) is 0.538. The van der Waals surface area contributed by atoms with Crippen molar-refractivity contribution in [2.24, 2.45) is 0 Å². The molecule has 0 aromatic rings. The van der Waals surface area contributed by atoms with E-state index in [4.69, 9.17) is 9.84 Å². The normalized spacial score (nSPS) is 11.5. The summed E-state index contributed by atoms with van der Waals surface area (Å²) >= 11 is 0. The molecule has 2 N–H and O–H groups in total. The van der Waals surface area contributed by atoms with E-state index in [1.807, 2.05) is 0 Å². The van der Waals surface area contributed by atoms with E-state index in [1.54, 1.807) is 20.8 Å². The Kier molecular flexibility index (Phi) is 7.12. The van der Waals surface area contributed by atoms with Crippen molar-refractivity contribution in [1.29, 1.82) is 0 Å². The number of hydrogen-bond donors (Lipinski definition) is 2. The van der Waals surface area contributed by atoms with Gasteiger partial charge in [-0.1, -0.05) is 0 Å². The molecule has 0 saturated heterocycles. The first-order chi connectivity index (χ1) is 9.51. The second-order valence-electron chi connectivity index (χ2n) is 5.10. The van der Waals surface area contributed by atoms with Crippen molar-refractivity contribution < 1.29 is 33.8 Å². The van der Waals surface area contributed by atoms with Crippen LogP contribution in [0.3, 0.4) is 0 Å². The third-order valence-electron chi connectivity index (χ3n) is 1.85. The predicted molar refractivity (Wildman–Crippen MR) is 71.2 cm³/mol. The van der Waals surface area contributed by atoms with Crippen molar-refractivity contribution >= 4 is 23.8 Å². The molecule has 0 aliphatic rings. The van der Waals surface area contributed by atoms with Crippen LogP contribution in [0.1, 0.15) is 27.7 Å². The molecule has 0 aliphatic carbocycles. The molecule has 0 fully saturated rings. The number of aliphatic carboxylic acids is 1. The number of carboxylic acid groups (broad SMARTS) is 1. The zero-order valence-electron chi connectivity index (χ0n) is 12.4. The number of amides is 1. The average Bonchev–Trinajstić information content (AvgIpc) is 2.30. The van der Waals surface area contributed by atoms with Crippen LogP contribution in [-0.2, 0) is 28.7 Å². The molecule has 0 radical (unpaired) electrons. The van der Waals surface area contributed by atoms with Crippen LogP contribution in [0, 0.1) is 0 Å². The van der Waals surface area contributed by atoms with Gasteiger partial charge in [-0.05, 0) is 27.7 Å². The molecule has 0 aromatic heterocycles. The largest absolute Gasteiger partial charge is 0.478 e. The van der Waals surface area contributed by atoms with Gasteiger partial charge in [0.15, 0.2) is 6.61 Å². The quantitative estimate of drug-likeness (QED) is 0.524. The number of carboxylic acids is 1. The molecular formula is C13H19NO7. The molecule has 0 heterocycles. The number of hydrogen-bond acceptors (Lipinski definition) is 6. The highest BCUT2D eigenvalue weighted by atomic mass is 16.6. The van der Waals surface area contributed by atoms with E-state index in [9.17, 15) is 19.2 Å². The molecule has 0 atom stereocenters. The second-order valence-corrected chi connectivity index (χ2v) is 5.10. The van der Waals surface area contributed by atoms with Gasteiger partial charge in [0.1, 0.15) is 12.1 Å². The first-order valence-corrected chi connectivity index (χ1v) is 6.08. The van der Waals surface area contributed by atoms with E-state index in [-0.39, 0.29) is 12.1 Å². The average molecular weight is 301 g/mol. The maximum Gasteiger partial charge on any atom is 0.334 e. The number of esters is 2. The lowest BCUT2D eigenvalue weighted by molar-refractivity contribution is -0.155. The van der Waals surface area contributed by atoms with Crippen LogP contribution in [0.25, 0.3) is 0 Å². The standard InChI is InChI=1S/C13H19NO7/c1-8(5-10(16)17)12(19)20-7-9(15)14-6-11(18)21-13(2,3)4/h5H,6-7H2,1-4H3,(H,14,15)(H,16,17). The molecule has 0 unspecified atom stereocenters. The number of rotatable bonds is 6. The number of carbonyl (C=O) groups excluding carboxylic acids is 3. The summed E-state index contributed by atoms with van der Waals surface area (Å²) in [5, 5.41) is 10.6. The van der Waals surface area contributed by atoms with Gasteiger partial charge in [0.2, 0.25) is 0 Å². The summed E-state index contributed by atoms with van der Waals surface area (Å²) in [5.74, 6) is -3.54. The Bertz CT molecular complexity index is 460. The zero-order valence-corrected chi connectivity index (χ0v) is 12.4. The van der Waals surface area contributed by atoms with Crippen LogP contribution < -0.4 is 5.32 Å².